The number of rotatable bonds is 9. The molecule has 0 radical (unpaired) electrons. The van der Waals surface area contributed by atoms with Gasteiger partial charge in [-0.1, -0.05) is 51.3 Å². The van der Waals surface area contributed by atoms with Gasteiger partial charge in [-0.2, -0.15) is 0 Å². The Morgan fingerprint density at radius 3 is 2.38 bits per heavy atom. The van der Waals surface area contributed by atoms with E-state index in [9.17, 15) is 18.0 Å². The van der Waals surface area contributed by atoms with Gasteiger partial charge in [0.1, 0.15) is 12.6 Å². The molecule has 174 valence electrons. The molecule has 0 heterocycles. The zero-order chi connectivity index (χ0) is 24.1. The van der Waals surface area contributed by atoms with Crippen molar-refractivity contribution in [1.82, 2.24) is 10.2 Å². The highest BCUT2D eigenvalue weighted by atomic mass is 79.9. The molecule has 1 N–H and O–H groups in total. The Labute approximate surface area is 206 Å². The number of likely N-dealkylation sites (N-methyl/N-ethyl adjacent to an activating group) is 1. The Kier molecular flexibility index (Phi) is 9.39. The molecule has 0 fully saturated rings. The van der Waals surface area contributed by atoms with Gasteiger partial charge >= 0.3 is 0 Å². The monoisotopic (exact) mass is 563 g/mol. The zero-order valence-corrected chi connectivity index (χ0v) is 21.7. The average molecular weight is 565 g/mol. The fraction of sp³-hybridized carbons (Fsp3) is 0.333. The predicted octanol–water partition coefficient (Wildman–Crippen LogP) is 4.08. The van der Waals surface area contributed by atoms with Crippen molar-refractivity contribution in [2.24, 2.45) is 0 Å². The maximum absolute atomic E-state index is 13.3. The number of halogens is 3. The van der Waals surface area contributed by atoms with Crippen molar-refractivity contribution in [3.63, 3.8) is 0 Å². The highest BCUT2D eigenvalue weighted by Crippen LogP contribution is 2.25. The molecule has 0 spiro atoms. The minimum Gasteiger partial charge on any atom is -0.355 e. The molecule has 1 atom stereocenters. The van der Waals surface area contributed by atoms with Crippen molar-refractivity contribution in [2.45, 2.75) is 26.4 Å². The van der Waals surface area contributed by atoms with Gasteiger partial charge in [-0.15, -0.1) is 0 Å². The Morgan fingerprint density at radius 2 is 1.81 bits per heavy atom. The van der Waals surface area contributed by atoms with Crippen LogP contribution in [0.4, 0.5) is 5.69 Å². The van der Waals surface area contributed by atoms with Crippen LogP contribution in [-0.2, 0) is 26.2 Å². The number of nitrogens with one attached hydrogen (secondary N) is 1. The van der Waals surface area contributed by atoms with E-state index in [0.29, 0.717) is 32.3 Å². The number of carbonyl (C=O) groups is 2. The molecule has 0 aliphatic carbocycles. The van der Waals surface area contributed by atoms with Gasteiger partial charge in [0.05, 0.1) is 22.0 Å². The number of hydrogen-bond acceptors (Lipinski definition) is 4. The van der Waals surface area contributed by atoms with E-state index in [1.165, 1.54) is 4.90 Å². The molecule has 0 saturated heterocycles. The van der Waals surface area contributed by atoms with Crippen LogP contribution >= 0.6 is 39.1 Å². The largest absolute Gasteiger partial charge is 0.355 e. The third kappa shape index (κ3) is 7.10. The first-order chi connectivity index (χ1) is 14.9. The number of amides is 2. The quantitative estimate of drug-likeness (QED) is 0.497. The van der Waals surface area contributed by atoms with Crippen LogP contribution in [-0.4, -0.2) is 50.5 Å². The third-order valence-corrected chi connectivity index (χ3v) is 7.00. The first-order valence-electron chi connectivity index (χ1n) is 9.68. The van der Waals surface area contributed by atoms with Gasteiger partial charge in [-0.3, -0.25) is 13.9 Å². The summed E-state index contributed by atoms with van der Waals surface area (Å²) < 4.78 is 26.6. The molecule has 1 unspecified atom stereocenters. The minimum atomic E-state index is -3.78. The molecule has 2 amide bonds. The number of sulfonamides is 1. The highest BCUT2D eigenvalue weighted by Gasteiger charge is 2.30. The van der Waals surface area contributed by atoms with Crippen LogP contribution in [0.25, 0.3) is 0 Å². The highest BCUT2D eigenvalue weighted by molar-refractivity contribution is 9.10. The molecular formula is C21H24BrCl2N3O4S. The molecule has 0 saturated carbocycles. The fourth-order valence-electron chi connectivity index (χ4n) is 2.98. The van der Waals surface area contributed by atoms with E-state index in [1.54, 1.807) is 56.3 Å². The topological polar surface area (TPSA) is 86.8 Å². The van der Waals surface area contributed by atoms with E-state index in [2.05, 4.69) is 21.2 Å². The normalized spacial score (nSPS) is 12.2. The summed E-state index contributed by atoms with van der Waals surface area (Å²) in [5.74, 6) is -0.894. The lowest BCUT2D eigenvalue weighted by atomic mass is 10.1. The maximum atomic E-state index is 13.3. The van der Waals surface area contributed by atoms with Crippen molar-refractivity contribution in [2.75, 3.05) is 23.7 Å². The van der Waals surface area contributed by atoms with E-state index < -0.39 is 28.5 Å². The van der Waals surface area contributed by atoms with Crippen LogP contribution in [0.3, 0.4) is 0 Å². The van der Waals surface area contributed by atoms with Gasteiger partial charge < -0.3 is 10.2 Å². The second-order valence-electron chi connectivity index (χ2n) is 7.09. The van der Waals surface area contributed by atoms with Crippen molar-refractivity contribution in [1.29, 1.82) is 0 Å². The van der Waals surface area contributed by atoms with Gasteiger partial charge in [-0.05, 0) is 49.7 Å². The van der Waals surface area contributed by atoms with Gasteiger partial charge in [0.15, 0.2) is 0 Å². The van der Waals surface area contributed by atoms with Crippen molar-refractivity contribution >= 4 is 66.7 Å². The van der Waals surface area contributed by atoms with Crippen LogP contribution in [0, 0.1) is 0 Å². The number of benzene rings is 2. The lowest BCUT2D eigenvalue weighted by Gasteiger charge is -2.31. The van der Waals surface area contributed by atoms with Crippen LogP contribution in [0.1, 0.15) is 19.4 Å². The van der Waals surface area contributed by atoms with E-state index in [4.69, 9.17) is 23.2 Å². The van der Waals surface area contributed by atoms with E-state index in [1.807, 2.05) is 0 Å². The van der Waals surface area contributed by atoms with Crippen LogP contribution < -0.4 is 9.62 Å². The summed E-state index contributed by atoms with van der Waals surface area (Å²) in [6.45, 7) is 3.33. The third-order valence-electron chi connectivity index (χ3n) is 4.63. The minimum absolute atomic E-state index is 0.0457. The standard InChI is InChI=1S/C21H24BrCl2N3O4S/c1-4-25-21(29)14(2)26(12-15-8-9-18(23)19(24)10-15)20(28)13-27(32(3,30)31)17-7-5-6-16(22)11-17/h5-11,14H,4,12-13H2,1-3H3,(H,25,29). The first-order valence-corrected chi connectivity index (χ1v) is 13.1. The molecule has 0 aliphatic heterocycles. The smallest absolute Gasteiger partial charge is 0.244 e. The van der Waals surface area contributed by atoms with Crippen LogP contribution in [0.5, 0.6) is 0 Å². The average Bonchev–Trinajstić information content (AvgIpc) is 2.71. The summed E-state index contributed by atoms with van der Waals surface area (Å²) >= 11 is 15.4. The summed E-state index contributed by atoms with van der Waals surface area (Å²) in [6.07, 6.45) is 1.03. The molecule has 2 aromatic carbocycles. The van der Waals surface area contributed by atoms with Gasteiger partial charge in [-0.25, -0.2) is 8.42 Å². The van der Waals surface area contributed by atoms with Crippen molar-refractivity contribution < 1.29 is 18.0 Å². The maximum Gasteiger partial charge on any atom is 0.244 e. The Balaban J connectivity index is 2.40. The fourth-order valence-corrected chi connectivity index (χ4v) is 4.53. The second-order valence-corrected chi connectivity index (χ2v) is 10.7. The predicted molar refractivity (Wildman–Crippen MR) is 131 cm³/mol. The van der Waals surface area contributed by atoms with Crippen molar-refractivity contribution in [3.05, 3.63) is 62.5 Å². The lowest BCUT2D eigenvalue weighted by Crippen LogP contribution is -2.51. The summed E-state index contributed by atoms with van der Waals surface area (Å²) in [7, 11) is -3.78. The summed E-state index contributed by atoms with van der Waals surface area (Å²) in [5.41, 5.74) is 0.979. The summed E-state index contributed by atoms with van der Waals surface area (Å²) in [6, 6.07) is 10.7. The molecule has 2 aromatic rings. The number of nitrogens with zero attached hydrogens (tertiary/aromatic N) is 2. The van der Waals surface area contributed by atoms with Crippen LogP contribution in [0.2, 0.25) is 10.0 Å². The van der Waals surface area contributed by atoms with E-state index in [-0.39, 0.29) is 12.5 Å². The van der Waals surface area contributed by atoms with Gasteiger partial charge in [0.2, 0.25) is 21.8 Å². The van der Waals surface area contributed by atoms with Crippen LogP contribution in [0.15, 0.2) is 46.9 Å². The molecule has 0 aliphatic rings. The molecular weight excluding hydrogens is 541 g/mol. The van der Waals surface area contributed by atoms with Crippen molar-refractivity contribution in [3.8, 4) is 0 Å². The first kappa shape index (κ1) is 26.4. The second kappa shape index (κ2) is 11.4. The summed E-state index contributed by atoms with van der Waals surface area (Å²) in [4.78, 5) is 27.2. The number of anilines is 1. The van der Waals surface area contributed by atoms with E-state index in [0.717, 1.165) is 10.6 Å². The molecule has 0 aromatic heterocycles. The van der Waals surface area contributed by atoms with E-state index >= 15 is 0 Å². The summed E-state index contributed by atoms with van der Waals surface area (Å²) in [5, 5.41) is 3.37. The van der Waals surface area contributed by atoms with Gasteiger partial charge in [0.25, 0.3) is 0 Å². The molecule has 0 bridgehead atoms. The Bertz CT molecular complexity index is 1100. The number of hydrogen-bond donors (Lipinski definition) is 1. The van der Waals surface area contributed by atoms with Gasteiger partial charge in [0, 0.05) is 17.6 Å². The number of carbonyl (C=O) groups excluding carboxylic acids is 2. The lowest BCUT2D eigenvalue weighted by molar-refractivity contribution is -0.139. The molecule has 2 rings (SSSR count). The SMILES string of the molecule is CCNC(=O)C(C)N(Cc1ccc(Cl)c(Cl)c1)C(=O)CN(c1cccc(Br)c1)S(C)(=O)=O. The Hall–Kier alpha value is -1.81. The molecule has 32 heavy (non-hydrogen) atoms. The zero-order valence-electron chi connectivity index (χ0n) is 17.8. The molecule has 11 heteroatoms. The molecule has 7 nitrogen and oxygen atoms in total. The Morgan fingerprint density at radius 1 is 1.12 bits per heavy atom.